The van der Waals surface area contributed by atoms with E-state index in [9.17, 15) is 13.2 Å². The average Bonchev–Trinajstić information content (AvgIpc) is 2.06. The van der Waals surface area contributed by atoms with Crippen LogP contribution in [0.15, 0.2) is 12.3 Å². The molecule has 0 aliphatic heterocycles. The Hall–Kier alpha value is -1.50. The van der Waals surface area contributed by atoms with Gasteiger partial charge in [0.1, 0.15) is 5.69 Å². The van der Waals surface area contributed by atoms with Crippen LogP contribution in [0.4, 0.5) is 24.5 Å². The predicted molar refractivity (Wildman–Crippen MR) is 51.0 cm³/mol. The lowest BCUT2D eigenvalue weighted by molar-refractivity contribution is -0.141. The molecule has 15 heavy (non-hydrogen) atoms. The topological polar surface area (TPSA) is 54.2 Å². The molecule has 0 aliphatic rings. The van der Waals surface area contributed by atoms with Crippen molar-refractivity contribution in [3.63, 3.8) is 0 Å². The number of nitrogens with two attached hydrogens (primary N) is 1. The number of nitrogen functional groups attached to an aromatic ring is 1. The van der Waals surface area contributed by atoms with E-state index in [4.69, 9.17) is 5.73 Å². The molecule has 0 spiro atoms. The zero-order chi connectivity index (χ0) is 11.6. The SMILES string of the molecule is CN(C)Nc1cc(C(F)(F)F)ncc1N. The molecule has 0 saturated carbocycles. The molecular weight excluding hydrogens is 209 g/mol. The first-order valence-electron chi connectivity index (χ1n) is 4.07. The molecule has 1 heterocycles. The number of rotatable bonds is 2. The van der Waals surface area contributed by atoms with E-state index in [-0.39, 0.29) is 11.4 Å². The molecule has 0 aliphatic carbocycles. The number of hydrogen-bond donors (Lipinski definition) is 2. The van der Waals surface area contributed by atoms with Gasteiger partial charge < -0.3 is 11.2 Å². The van der Waals surface area contributed by atoms with Crippen molar-refractivity contribution in [3.8, 4) is 0 Å². The van der Waals surface area contributed by atoms with E-state index < -0.39 is 11.9 Å². The molecule has 0 saturated heterocycles. The molecule has 0 bridgehead atoms. The molecule has 0 atom stereocenters. The van der Waals surface area contributed by atoms with Crippen molar-refractivity contribution in [2.75, 3.05) is 25.3 Å². The Morgan fingerprint density at radius 1 is 1.40 bits per heavy atom. The fourth-order valence-corrected chi connectivity index (χ4v) is 0.959. The molecule has 1 rings (SSSR count). The van der Waals surface area contributed by atoms with Gasteiger partial charge in [-0.2, -0.15) is 13.2 Å². The molecule has 1 aromatic heterocycles. The summed E-state index contributed by atoms with van der Waals surface area (Å²) >= 11 is 0. The third kappa shape index (κ3) is 2.98. The highest BCUT2D eigenvalue weighted by Gasteiger charge is 2.32. The minimum absolute atomic E-state index is 0.164. The monoisotopic (exact) mass is 220 g/mol. The van der Waals surface area contributed by atoms with Gasteiger partial charge in [-0.05, 0) is 6.07 Å². The van der Waals surface area contributed by atoms with Gasteiger partial charge in [-0.15, -0.1) is 0 Å². The second kappa shape index (κ2) is 3.93. The van der Waals surface area contributed by atoms with Crippen molar-refractivity contribution in [2.45, 2.75) is 6.18 Å². The smallest absolute Gasteiger partial charge is 0.396 e. The van der Waals surface area contributed by atoms with Crippen LogP contribution in [0.25, 0.3) is 0 Å². The molecular formula is C8H11F3N4. The lowest BCUT2D eigenvalue weighted by atomic mass is 10.3. The molecule has 0 unspecified atom stereocenters. The maximum Gasteiger partial charge on any atom is 0.433 e. The van der Waals surface area contributed by atoms with Gasteiger partial charge in [0.25, 0.3) is 0 Å². The minimum Gasteiger partial charge on any atom is -0.396 e. The summed E-state index contributed by atoms with van der Waals surface area (Å²) in [7, 11) is 3.29. The Bertz CT molecular complexity index is 348. The van der Waals surface area contributed by atoms with Gasteiger partial charge >= 0.3 is 6.18 Å². The molecule has 0 amide bonds. The number of hydrazine groups is 1. The minimum atomic E-state index is -4.46. The third-order valence-electron chi connectivity index (χ3n) is 1.57. The van der Waals surface area contributed by atoms with E-state index in [0.29, 0.717) is 0 Å². The summed E-state index contributed by atoms with van der Waals surface area (Å²) in [6.45, 7) is 0. The summed E-state index contributed by atoms with van der Waals surface area (Å²) in [4.78, 5) is 3.21. The van der Waals surface area contributed by atoms with Gasteiger partial charge in [-0.3, -0.25) is 0 Å². The maximum atomic E-state index is 12.3. The average molecular weight is 220 g/mol. The van der Waals surface area contributed by atoms with E-state index in [1.807, 2.05) is 0 Å². The predicted octanol–water partition coefficient (Wildman–Crippen LogP) is 1.57. The van der Waals surface area contributed by atoms with E-state index in [2.05, 4.69) is 10.4 Å². The lowest BCUT2D eigenvalue weighted by Crippen LogP contribution is -2.21. The van der Waals surface area contributed by atoms with Crippen LogP contribution in [0, 0.1) is 0 Å². The number of anilines is 2. The van der Waals surface area contributed by atoms with Crippen molar-refractivity contribution < 1.29 is 13.2 Å². The summed E-state index contributed by atoms with van der Waals surface area (Å²) in [5.41, 5.74) is 7.49. The highest BCUT2D eigenvalue weighted by Crippen LogP contribution is 2.30. The Morgan fingerprint density at radius 3 is 2.47 bits per heavy atom. The van der Waals surface area contributed by atoms with Crippen molar-refractivity contribution >= 4 is 11.4 Å². The van der Waals surface area contributed by atoms with Gasteiger partial charge in [0.15, 0.2) is 0 Å². The molecule has 1 aromatic rings. The molecule has 0 aromatic carbocycles. The first-order chi connectivity index (χ1) is 6.80. The van der Waals surface area contributed by atoms with Crippen LogP contribution in [-0.2, 0) is 6.18 Å². The van der Waals surface area contributed by atoms with Crippen molar-refractivity contribution in [2.24, 2.45) is 0 Å². The van der Waals surface area contributed by atoms with E-state index in [1.54, 1.807) is 14.1 Å². The van der Waals surface area contributed by atoms with Crippen LogP contribution in [0.5, 0.6) is 0 Å². The van der Waals surface area contributed by atoms with Gasteiger partial charge in [0, 0.05) is 14.1 Å². The normalized spacial score (nSPS) is 11.9. The fraction of sp³-hybridized carbons (Fsp3) is 0.375. The molecule has 0 fully saturated rings. The number of nitrogens with one attached hydrogen (secondary N) is 1. The highest BCUT2D eigenvalue weighted by atomic mass is 19.4. The van der Waals surface area contributed by atoms with Gasteiger partial charge in [-0.25, -0.2) is 9.99 Å². The van der Waals surface area contributed by atoms with Crippen LogP contribution >= 0.6 is 0 Å². The van der Waals surface area contributed by atoms with E-state index in [0.717, 1.165) is 12.3 Å². The first kappa shape index (κ1) is 11.6. The molecule has 4 nitrogen and oxygen atoms in total. The summed E-state index contributed by atoms with van der Waals surface area (Å²) < 4.78 is 36.9. The van der Waals surface area contributed by atoms with E-state index >= 15 is 0 Å². The summed E-state index contributed by atoms with van der Waals surface area (Å²) in [6.07, 6.45) is -3.48. The molecule has 84 valence electrons. The second-order valence-electron chi connectivity index (χ2n) is 3.16. The van der Waals surface area contributed by atoms with Crippen molar-refractivity contribution in [1.29, 1.82) is 0 Å². The largest absolute Gasteiger partial charge is 0.433 e. The van der Waals surface area contributed by atoms with Gasteiger partial charge in [0.2, 0.25) is 0 Å². The number of hydrogen-bond acceptors (Lipinski definition) is 4. The Balaban J connectivity index is 3.06. The standard InChI is InChI=1S/C8H11F3N4/c1-15(2)14-6-3-7(8(9,10)11)13-4-5(6)12/h3-4H,12H2,1-2H3,(H,13,14). The molecule has 3 N–H and O–H groups in total. The molecule has 0 radical (unpaired) electrons. The van der Waals surface area contributed by atoms with Crippen LogP contribution < -0.4 is 11.2 Å². The van der Waals surface area contributed by atoms with Crippen LogP contribution in [0.2, 0.25) is 0 Å². The number of pyridine rings is 1. The van der Waals surface area contributed by atoms with Crippen molar-refractivity contribution in [1.82, 2.24) is 9.99 Å². The second-order valence-corrected chi connectivity index (χ2v) is 3.16. The third-order valence-corrected chi connectivity index (χ3v) is 1.57. The first-order valence-corrected chi connectivity index (χ1v) is 4.07. The van der Waals surface area contributed by atoms with Crippen LogP contribution in [-0.4, -0.2) is 24.1 Å². The number of halogens is 3. The quantitative estimate of drug-likeness (QED) is 0.743. The Kier molecular flexibility index (Phi) is 3.04. The van der Waals surface area contributed by atoms with Gasteiger partial charge in [-0.1, -0.05) is 0 Å². The lowest BCUT2D eigenvalue weighted by Gasteiger charge is -2.16. The van der Waals surface area contributed by atoms with Gasteiger partial charge in [0.05, 0.1) is 17.6 Å². The Morgan fingerprint density at radius 2 is 2.00 bits per heavy atom. The highest BCUT2D eigenvalue weighted by molar-refractivity contribution is 5.64. The fourth-order valence-electron chi connectivity index (χ4n) is 0.959. The number of aromatic nitrogens is 1. The zero-order valence-electron chi connectivity index (χ0n) is 8.26. The Labute approximate surface area is 84.9 Å². The molecule has 7 heteroatoms. The maximum absolute atomic E-state index is 12.3. The summed E-state index contributed by atoms with van der Waals surface area (Å²) in [5.74, 6) is 0. The van der Waals surface area contributed by atoms with Crippen molar-refractivity contribution in [3.05, 3.63) is 18.0 Å². The van der Waals surface area contributed by atoms with E-state index in [1.165, 1.54) is 5.01 Å². The van der Waals surface area contributed by atoms with Crippen LogP contribution in [0.1, 0.15) is 5.69 Å². The van der Waals surface area contributed by atoms with Crippen LogP contribution in [0.3, 0.4) is 0 Å². The summed E-state index contributed by atoms with van der Waals surface area (Å²) in [5, 5.41) is 1.49. The number of alkyl halides is 3. The zero-order valence-corrected chi connectivity index (χ0v) is 8.26. The summed E-state index contributed by atoms with van der Waals surface area (Å²) in [6, 6.07) is 0.870. The number of nitrogens with zero attached hydrogens (tertiary/aromatic N) is 2.